The molecule has 7 heteroatoms. The first-order valence-corrected chi connectivity index (χ1v) is 14.1. The maximum atomic E-state index is 14.1. The molecule has 1 aromatic heterocycles. The Morgan fingerprint density at radius 2 is 1.55 bits per heavy atom. The van der Waals surface area contributed by atoms with Gasteiger partial charge < -0.3 is 10.2 Å². The van der Waals surface area contributed by atoms with E-state index in [0.29, 0.717) is 16.9 Å². The minimum atomic E-state index is -4.50. The third-order valence-corrected chi connectivity index (χ3v) is 7.68. The number of para-hydroxylation sites is 1. The zero-order valence-electron chi connectivity index (χ0n) is 24.3. The van der Waals surface area contributed by atoms with E-state index in [1.54, 1.807) is 6.07 Å². The number of nitrogens with zero attached hydrogens (tertiary/aromatic N) is 3. The minimum absolute atomic E-state index is 0.134. The number of halogens is 3. The van der Waals surface area contributed by atoms with E-state index < -0.39 is 11.7 Å². The maximum absolute atomic E-state index is 14.1. The zero-order valence-corrected chi connectivity index (χ0v) is 24.3. The molecule has 4 aromatic rings. The quantitative estimate of drug-likeness (QED) is 0.215. The van der Waals surface area contributed by atoms with Crippen LogP contribution in [0.1, 0.15) is 55.9 Å². The second kappa shape index (κ2) is 12.4. The molecule has 3 aromatic carbocycles. The van der Waals surface area contributed by atoms with Gasteiger partial charge in [-0.3, -0.25) is 0 Å². The van der Waals surface area contributed by atoms with Crippen LogP contribution in [0.4, 0.5) is 19.0 Å². The number of alkyl halides is 3. The summed E-state index contributed by atoms with van der Waals surface area (Å²) in [6.45, 7) is 15.4. The summed E-state index contributed by atoms with van der Waals surface area (Å²) in [6.07, 6.45) is -2.51. The molecule has 40 heavy (non-hydrogen) atoms. The Labute approximate surface area is 235 Å². The number of benzene rings is 3. The number of anilines is 1. The molecule has 4 rings (SSSR count). The lowest BCUT2D eigenvalue weighted by Crippen LogP contribution is -2.25. The molecule has 0 amide bonds. The summed E-state index contributed by atoms with van der Waals surface area (Å²) >= 11 is 0. The molecule has 0 fully saturated rings. The molecule has 0 aliphatic rings. The van der Waals surface area contributed by atoms with E-state index in [9.17, 15) is 13.2 Å². The number of hydrogen-bond acceptors (Lipinski definition) is 4. The fourth-order valence-corrected chi connectivity index (χ4v) is 5.01. The number of aryl methyl sites for hydroxylation is 3. The van der Waals surface area contributed by atoms with Gasteiger partial charge in [-0.1, -0.05) is 44.2 Å². The largest absolute Gasteiger partial charge is 0.416 e. The van der Waals surface area contributed by atoms with Crippen LogP contribution in [0.5, 0.6) is 0 Å². The van der Waals surface area contributed by atoms with Crippen molar-refractivity contribution in [2.45, 2.75) is 66.6 Å². The van der Waals surface area contributed by atoms with Gasteiger partial charge in [0, 0.05) is 17.0 Å². The number of aromatic nitrogens is 2. The van der Waals surface area contributed by atoms with Crippen molar-refractivity contribution in [2.75, 3.05) is 25.0 Å². The van der Waals surface area contributed by atoms with Gasteiger partial charge in [0.25, 0.3) is 0 Å². The van der Waals surface area contributed by atoms with Crippen LogP contribution in [-0.4, -0.2) is 40.5 Å². The molecule has 0 aliphatic heterocycles. The van der Waals surface area contributed by atoms with E-state index in [0.717, 1.165) is 71.7 Å². The Morgan fingerprint density at radius 1 is 0.825 bits per heavy atom. The highest BCUT2D eigenvalue weighted by atomic mass is 19.4. The fourth-order valence-electron chi connectivity index (χ4n) is 5.01. The van der Waals surface area contributed by atoms with E-state index in [2.05, 4.69) is 31.0 Å². The molecular weight excluding hydrogens is 509 g/mol. The van der Waals surface area contributed by atoms with Crippen molar-refractivity contribution >= 4 is 16.7 Å². The van der Waals surface area contributed by atoms with Crippen molar-refractivity contribution in [1.29, 1.82) is 0 Å². The van der Waals surface area contributed by atoms with Crippen LogP contribution >= 0.6 is 0 Å². The third-order valence-electron chi connectivity index (χ3n) is 7.68. The van der Waals surface area contributed by atoms with Gasteiger partial charge in [-0.25, -0.2) is 9.97 Å². The maximum Gasteiger partial charge on any atom is 0.416 e. The molecule has 1 unspecified atom stereocenters. The topological polar surface area (TPSA) is 41.0 Å². The number of fused-ring (bicyclic) bond motifs is 1. The van der Waals surface area contributed by atoms with Crippen molar-refractivity contribution < 1.29 is 13.2 Å². The van der Waals surface area contributed by atoms with Crippen molar-refractivity contribution in [1.82, 2.24) is 14.9 Å². The van der Waals surface area contributed by atoms with Crippen LogP contribution in [0.15, 0.2) is 54.6 Å². The zero-order chi connectivity index (χ0) is 29.0. The molecule has 212 valence electrons. The lowest BCUT2D eigenvalue weighted by molar-refractivity contribution is -0.137. The summed E-state index contributed by atoms with van der Waals surface area (Å²) in [6, 6.07) is 15.9. The number of nitrogens with one attached hydrogen (secondary N) is 1. The Bertz CT molecular complexity index is 1480. The first kappa shape index (κ1) is 29.5. The molecular formula is C33H39F3N4. The second-order valence-corrected chi connectivity index (χ2v) is 10.7. The number of rotatable bonds is 10. The van der Waals surface area contributed by atoms with Gasteiger partial charge in [-0.2, -0.15) is 13.2 Å². The van der Waals surface area contributed by atoms with Crippen LogP contribution in [0.2, 0.25) is 0 Å². The molecule has 0 aliphatic carbocycles. The Kier molecular flexibility index (Phi) is 9.14. The van der Waals surface area contributed by atoms with Gasteiger partial charge in [0.05, 0.1) is 11.1 Å². The summed E-state index contributed by atoms with van der Waals surface area (Å²) in [5, 5.41) is 4.41. The smallest absolute Gasteiger partial charge is 0.367 e. The summed E-state index contributed by atoms with van der Waals surface area (Å²) in [7, 11) is 0. The highest BCUT2D eigenvalue weighted by molar-refractivity contribution is 5.93. The normalized spacial score (nSPS) is 12.8. The van der Waals surface area contributed by atoms with E-state index in [-0.39, 0.29) is 11.9 Å². The fraction of sp³-hybridized carbons (Fsp3) is 0.394. The molecule has 0 spiro atoms. The predicted octanol–water partition coefficient (Wildman–Crippen LogP) is 8.83. The molecule has 1 N–H and O–H groups in total. The Morgan fingerprint density at radius 3 is 2.23 bits per heavy atom. The van der Waals surface area contributed by atoms with E-state index >= 15 is 0 Å². The molecule has 1 atom stereocenters. The third kappa shape index (κ3) is 6.81. The lowest BCUT2D eigenvalue weighted by atomic mass is 9.96. The number of hydrogen-bond donors (Lipinski definition) is 1. The van der Waals surface area contributed by atoms with Gasteiger partial charge in [0.1, 0.15) is 5.82 Å². The van der Waals surface area contributed by atoms with E-state index in [4.69, 9.17) is 9.97 Å². The summed E-state index contributed by atoms with van der Waals surface area (Å²) in [5.74, 6) is 0.917. The second-order valence-electron chi connectivity index (χ2n) is 10.7. The minimum Gasteiger partial charge on any atom is -0.367 e. The van der Waals surface area contributed by atoms with Crippen molar-refractivity contribution in [3.63, 3.8) is 0 Å². The standard InChI is InChI=1S/C33H39F3N4/c1-7-40(8-2)16-10-12-24(6)37-32-29-13-9-11-22(4)30(29)38-31(39-32)27-18-26(19-28(20-27)33(34,35)36)25-15-14-21(3)23(5)17-25/h9,11,13-15,17-20,24H,7-8,10,12,16H2,1-6H3,(H,37,38,39). The Balaban J connectivity index is 1.78. The molecule has 0 bridgehead atoms. The van der Waals surface area contributed by atoms with Gasteiger partial charge in [0.2, 0.25) is 0 Å². The average molecular weight is 549 g/mol. The van der Waals surface area contributed by atoms with Crippen LogP contribution in [-0.2, 0) is 6.18 Å². The van der Waals surface area contributed by atoms with Gasteiger partial charge in [0.15, 0.2) is 5.82 Å². The molecule has 4 nitrogen and oxygen atoms in total. The van der Waals surface area contributed by atoms with E-state index in [1.165, 1.54) is 6.07 Å². The van der Waals surface area contributed by atoms with E-state index in [1.807, 2.05) is 57.2 Å². The van der Waals surface area contributed by atoms with Crippen LogP contribution in [0.25, 0.3) is 33.4 Å². The van der Waals surface area contributed by atoms with Crippen molar-refractivity contribution in [3.05, 3.63) is 76.9 Å². The molecule has 1 heterocycles. The monoisotopic (exact) mass is 548 g/mol. The highest BCUT2D eigenvalue weighted by Crippen LogP contribution is 2.37. The predicted molar refractivity (Wildman–Crippen MR) is 160 cm³/mol. The average Bonchev–Trinajstić information content (AvgIpc) is 2.92. The molecule has 0 saturated carbocycles. The molecule has 0 radical (unpaired) electrons. The van der Waals surface area contributed by atoms with Crippen molar-refractivity contribution in [3.8, 4) is 22.5 Å². The van der Waals surface area contributed by atoms with Crippen LogP contribution < -0.4 is 5.32 Å². The summed E-state index contributed by atoms with van der Waals surface area (Å²) in [4.78, 5) is 12.0. The molecule has 0 saturated heterocycles. The van der Waals surface area contributed by atoms with Crippen LogP contribution in [0.3, 0.4) is 0 Å². The highest BCUT2D eigenvalue weighted by Gasteiger charge is 2.32. The SMILES string of the molecule is CCN(CC)CCCC(C)Nc1nc(-c2cc(-c3ccc(C)c(C)c3)cc(C(F)(F)F)c2)nc2c(C)cccc12. The van der Waals surface area contributed by atoms with Gasteiger partial charge in [-0.05, 0) is 112 Å². The Hall–Kier alpha value is -3.45. The summed E-state index contributed by atoms with van der Waals surface area (Å²) < 4.78 is 42.2. The summed E-state index contributed by atoms with van der Waals surface area (Å²) in [5.41, 5.74) is 4.63. The van der Waals surface area contributed by atoms with Gasteiger partial charge in [-0.15, -0.1) is 0 Å². The van der Waals surface area contributed by atoms with Crippen LogP contribution in [0, 0.1) is 20.8 Å². The first-order valence-electron chi connectivity index (χ1n) is 14.1. The van der Waals surface area contributed by atoms with Gasteiger partial charge >= 0.3 is 6.18 Å². The first-order chi connectivity index (χ1) is 19.0. The van der Waals surface area contributed by atoms with Crippen molar-refractivity contribution in [2.24, 2.45) is 0 Å². The lowest BCUT2D eigenvalue weighted by Gasteiger charge is -2.21.